The Balaban J connectivity index is 1.84. The molecule has 0 radical (unpaired) electrons. The standard InChI is InChI=1S/C19H19ClN4O3S3/c1-13(2)28-19-23-22-18(29-19)21-17(25)12-24(15-6-4-3-5-7-15)30(26,27)16-10-8-14(20)9-11-16/h3-11,13H,12H2,1-2H3,(H,21,22,25). The Morgan fingerprint density at radius 1 is 1.13 bits per heavy atom. The third kappa shape index (κ3) is 5.72. The molecule has 0 aliphatic rings. The number of carbonyl (C=O) groups is 1. The highest BCUT2D eigenvalue weighted by atomic mass is 35.5. The van der Waals surface area contributed by atoms with Crippen molar-refractivity contribution in [2.45, 2.75) is 28.3 Å². The van der Waals surface area contributed by atoms with E-state index in [0.29, 0.717) is 21.1 Å². The van der Waals surface area contributed by atoms with Crippen LogP contribution in [0, 0.1) is 0 Å². The lowest BCUT2D eigenvalue weighted by Crippen LogP contribution is -2.38. The molecule has 0 aliphatic heterocycles. The number of hydrogen-bond acceptors (Lipinski definition) is 7. The molecule has 0 atom stereocenters. The summed E-state index contributed by atoms with van der Waals surface area (Å²) in [6.07, 6.45) is 0. The van der Waals surface area contributed by atoms with E-state index in [0.717, 1.165) is 8.64 Å². The van der Waals surface area contributed by atoms with E-state index >= 15 is 0 Å². The normalized spacial score (nSPS) is 11.5. The van der Waals surface area contributed by atoms with Crippen LogP contribution < -0.4 is 9.62 Å². The highest BCUT2D eigenvalue weighted by molar-refractivity contribution is 8.01. The zero-order valence-electron chi connectivity index (χ0n) is 16.1. The van der Waals surface area contributed by atoms with Crippen LogP contribution in [0.1, 0.15) is 13.8 Å². The van der Waals surface area contributed by atoms with E-state index in [-0.39, 0.29) is 4.90 Å². The Morgan fingerprint density at radius 3 is 2.43 bits per heavy atom. The minimum atomic E-state index is -3.99. The van der Waals surface area contributed by atoms with Crippen molar-refractivity contribution in [1.29, 1.82) is 0 Å². The van der Waals surface area contributed by atoms with Crippen LogP contribution in [0.3, 0.4) is 0 Å². The third-order valence-corrected chi connectivity index (χ3v) is 7.69. The largest absolute Gasteiger partial charge is 0.299 e. The maximum Gasteiger partial charge on any atom is 0.264 e. The highest BCUT2D eigenvalue weighted by Gasteiger charge is 2.27. The van der Waals surface area contributed by atoms with E-state index in [2.05, 4.69) is 15.5 Å². The summed E-state index contributed by atoms with van der Waals surface area (Å²) in [5.74, 6) is -0.520. The maximum atomic E-state index is 13.2. The van der Waals surface area contributed by atoms with Gasteiger partial charge in [-0.05, 0) is 36.4 Å². The van der Waals surface area contributed by atoms with Gasteiger partial charge in [0.05, 0.1) is 10.6 Å². The molecular weight excluding hydrogens is 464 g/mol. The van der Waals surface area contributed by atoms with E-state index in [4.69, 9.17) is 11.6 Å². The van der Waals surface area contributed by atoms with Gasteiger partial charge in [0.2, 0.25) is 11.0 Å². The molecule has 1 amide bonds. The molecule has 0 aliphatic carbocycles. The van der Waals surface area contributed by atoms with Crippen molar-refractivity contribution < 1.29 is 13.2 Å². The predicted octanol–water partition coefficient (Wildman–Crippen LogP) is 4.53. The van der Waals surface area contributed by atoms with Gasteiger partial charge in [-0.15, -0.1) is 10.2 Å². The molecule has 1 N–H and O–H groups in total. The molecular formula is C19H19ClN4O3S3. The van der Waals surface area contributed by atoms with Crippen LogP contribution in [-0.4, -0.2) is 36.3 Å². The fraction of sp³-hybridized carbons (Fsp3) is 0.211. The molecule has 11 heteroatoms. The van der Waals surface area contributed by atoms with Crippen LogP contribution in [0.5, 0.6) is 0 Å². The lowest BCUT2D eigenvalue weighted by atomic mass is 10.3. The fourth-order valence-corrected chi connectivity index (χ4v) is 5.98. The Kier molecular flexibility index (Phi) is 7.35. The SMILES string of the molecule is CC(C)Sc1nnc(NC(=O)CN(c2ccccc2)S(=O)(=O)c2ccc(Cl)cc2)s1. The minimum Gasteiger partial charge on any atom is -0.299 e. The summed E-state index contributed by atoms with van der Waals surface area (Å²) < 4.78 is 28.2. The number of benzene rings is 2. The smallest absolute Gasteiger partial charge is 0.264 e. The third-order valence-electron chi connectivity index (χ3n) is 3.72. The van der Waals surface area contributed by atoms with Crippen molar-refractivity contribution in [2.24, 2.45) is 0 Å². The van der Waals surface area contributed by atoms with Gasteiger partial charge in [-0.1, -0.05) is 66.7 Å². The second-order valence-electron chi connectivity index (χ2n) is 6.39. The van der Waals surface area contributed by atoms with Gasteiger partial charge >= 0.3 is 0 Å². The van der Waals surface area contributed by atoms with Gasteiger partial charge in [0, 0.05) is 10.3 Å². The average Bonchev–Trinajstić information content (AvgIpc) is 3.13. The monoisotopic (exact) mass is 482 g/mol. The van der Waals surface area contributed by atoms with E-state index < -0.39 is 22.5 Å². The summed E-state index contributed by atoms with van der Waals surface area (Å²) in [5.41, 5.74) is 0.371. The first-order valence-corrected chi connectivity index (χ1v) is 12.4. The van der Waals surface area contributed by atoms with E-state index in [1.165, 1.54) is 47.4 Å². The molecule has 3 rings (SSSR count). The van der Waals surface area contributed by atoms with E-state index in [1.54, 1.807) is 30.3 Å². The van der Waals surface area contributed by atoms with Crippen LogP contribution in [-0.2, 0) is 14.8 Å². The number of sulfonamides is 1. The number of para-hydroxylation sites is 1. The molecule has 0 saturated carbocycles. The topological polar surface area (TPSA) is 92.3 Å². The van der Waals surface area contributed by atoms with Crippen LogP contribution >= 0.6 is 34.7 Å². The maximum absolute atomic E-state index is 13.2. The first kappa shape index (κ1) is 22.5. The van der Waals surface area contributed by atoms with Crippen molar-refractivity contribution in [1.82, 2.24) is 10.2 Å². The Hall–Kier alpha value is -2.14. The summed E-state index contributed by atoms with van der Waals surface area (Å²) in [5, 5.41) is 11.7. The molecule has 2 aromatic carbocycles. The van der Waals surface area contributed by atoms with Gasteiger partial charge in [-0.2, -0.15) is 0 Å². The number of carbonyl (C=O) groups excluding carboxylic acids is 1. The van der Waals surface area contributed by atoms with Crippen LogP contribution in [0.25, 0.3) is 0 Å². The van der Waals surface area contributed by atoms with Crippen molar-refractivity contribution in [3.8, 4) is 0 Å². The fourth-order valence-electron chi connectivity index (χ4n) is 2.44. The first-order chi connectivity index (χ1) is 14.3. The van der Waals surface area contributed by atoms with Crippen molar-refractivity contribution in [2.75, 3.05) is 16.2 Å². The van der Waals surface area contributed by atoms with Crippen molar-refractivity contribution >= 4 is 61.4 Å². The number of thioether (sulfide) groups is 1. The van der Waals surface area contributed by atoms with Crippen LogP contribution in [0.15, 0.2) is 63.8 Å². The molecule has 0 saturated heterocycles. The van der Waals surface area contributed by atoms with E-state index in [1.807, 2.05) is 13.8 Å². The Morgan fingerprint density at radius 2 is 1.80 bits per heavy atom. The average molecular weight is 483 g/mol. The Bertz CT molecular complexity index is 1100. The second kappa shape index (κ2) is 9.78. The molecule has 1 aromatic heterocycles. The number of anilines is 2. The van der Waals surface area contributed by atoms with Gasteiger partial charge in [0.1, 0.15) is 6.54 Å². The molecule has 1 heterocycles. The number of halogens is 1. The number of hydrogen-bond donors (Lipinski definition) is 1. The second-order valence-corrected chi connectivity index (χ2v) is 11.5. The summed E-state index contributed by atoms with van der Waals surface area (Å²) in [4.78, 5) is 12.7. The predicted molar refractivity (Wildman–Crippen MR) is 122 cm³/mol. The number of nitrogens with one attached hydrogen (secondary N) is 1. The van der Waals surface area contributed by atoms with Crippen LogP contribution in [0.4, 0.5) is 10.8 Å². The summed E-state index contributed by atoms with van der Waals surface area (Å²) >= 11 is 8.66. The van der Waals surface area contributed by atoms with Crippen molar-refractivity contribution in [3.05, 3.63) is 59.6 Å². The number of amides is 1. The lowest BCUT2D eigenvalue weighted by molar-refractivity contribution is -0.114. The molecule has 0 bridgehead atoms. The first-order valence-electron chi connectivity index (χ1n) is 8.89. The summed E-state index contributed by atoms with van der Waals surface area (Å²) in [7, 11) is -3.99. The van der Waals surface area contributed by atoms with Gasteiger partial charge in [-0.25, -0.2) is 8.42 Å². The quantitative estimate of drug-likeness (QED) is 0.374. The van der Waals surface area contributed by atoms with Crippen LogP contribution in [0.2, 0.25) is 5.02 Å². The molecule has 0 spiro atoms. The summed E-state index contributed by atoms with van der Waals surface area (Å²) in [6, 6.07) is 14.2. The minimum absolute atomic E-state index is 0.0371. The van der Waals surface area contributed by atoms with Crippen molar-refractivity contribution in [3.63, 3.8) is 0 Å². The summed E-state index contributed by atoms with van der Waals surface area (Å²) in [6.45, 7) is 3.65. The lowest BCUT2D eigenvalue weighted by Gasteiger charge is -2.23. The van der Waals surface area contributed by atoms with Gasteiger partial charge < -0.3 is 0 Å². The Labute approximate surface area is 188 Å². The zero-order chi connectivity index (χ0) is 21.7. The molecule has 7 nitrogen and oxygen atoms in total. The number of rotatable bonds is 8. The number of nitrogens with zero attached hydrogens (tertiary/aromatic N) is 3. The van der Waals surface area contributed by atoms with Gasteiger partial charge in [-0.3, -0.25) is 14.4 Å². The zero-order valence-corrected chi connectivity index (χ0v) is 19.4. The molecule has 30 heavy (non-hydrogen) atoms. The number of aromatic nitrogens is 2. The molecule has 158 valence electrons. The van der Waals surface area contributed by atoms with Gasteiger partial charge in [0.15, 0.2) is 4.34 Å². The van der Waals surface area contributed by atoms with E-state index in [9.17, 15) is 13.2 Å². The van der Waals surface area contributed by atoms with Gasteiger partial charge in [0.25, 0.3) is 10.0 Å². The highest BCUT2D eigenvalue weighted by Crippen LogP contribution is 2.29. The molecule has 3 aromatic rings. The molecule has 0 unspecified atom stereocenters. The molecule has 0 fully saturated rings.